The maximum atomic E-state index is 10.9. The molecule has 0 atom stereocenters. The lowest BCUT2D eigenvalue weighted by Crippen LogP contribution is -2.00. The van der Waals surface area contributed by atoms with Crippen LogP contribution in [0.15, 0.2) is 182 Å². The van der Waals surface area contributed by atoms with E-state index < -0.39 is 0 Å². The van der Waals surface area contributed by atoms with E-state index in [1.165, 1.54) is 6.07 Å². The standard InChI is InChI=1S/C70H30N12/c1-77-57-22-43(37-73)20-54(24-57)46-10-14-66-62(29-46)61-28-45(53-18-41(35-71)17-42(19-53)36-72)9-13-65(61)81(66)69-32-49(5-7-51(69)39-75)50-6-8-52(40-76)70(33-50)82-67-15-11-47(55-21-44(38-74)23-58(25-55)78-2)30-63(67)64-31-48(12-16-68(64)82)56-26-59(79-3)34-60(27-56)80-4/h5-34H. The van der Waals surface area contributed by atoms with Crippen molar-refractivity contribution in [2.24, 2.45) is 0 Å². The predicted octanol–water partition coefficient (Wildman–Crippen LogP) is 17.6. The number of nitriles is 6. The van der Waals surface area contributed by atoms with Crippen molar-refractivity contribution in [2.45, 2.75) is 0 Å². The highest BCUT2D eigenvalue weighted by Gasteiger charge is 2.22. The molecule has 12 nitrogen and oxygen atoms in total. The first kappa shape index (κ1) is 49.6. The van der Waals surface area contributed by atoms with Gasteiger partial charge in [0.2, 0.25) is 0 Å². The topological polar surface area (TPSA) is 170 Å². The highest BCUT2D eigenvalue weighted by molar-refractivity contribution is 6.13. The second kappa shape index (κ2) is 20.0. The van der Waals surface area contributed by atoms with E-state index in [2.05, 4.69) is 55.8 Å². The molecule has 0 fully saturated rings. The summed E-state index contributed by atoms with van der Waals surface area (Å²) in [5, 5.41) is 64.5. The molecule has 0 radical (unpaired) electrons. The molecule has 82 heavy (non-hydrogen) atoms. The number of hydrogen-bond donors (Lipinski definition) is 0. The van der Waals surface area contributed by atoms with Crippen molar-refractivity contribution in [1.82, 2.24) is 9.13 Å². The lowest BCUT2D eigenvalue weighted by atomic mass is 9.97. The molecule has 0 saturated carbocycles. The molecular formula is C70H30N12. The molecule has 2 heterocycles. The second-order valence-electron chi connectivity index (χ2n) is 19.3. The number of aromatic nitrogens is 2. The molecule has 12 heteroatoms. The Bertz CT molecular complexity index is 4580. The summed E-state index contributed by atoms with van der Waals surface area (Å²) in [6, 6.07) is 68.3. The largest absolute Gasteiger partial charge is 0.308 e. The third-order valence-corrected chi connectivity index (χ3v) is 14.6. The molecule has 370 valence electrons. The van der Waals surface area contributed by atoms with Crippen LogP contribution in [0.2, 0.25) is 0 Å². The predicted molar refractivity (Wildman–Crippen MR) is 316 cm³/mol. The van der Waals surface area contributed by atoms with Crippen LogP contribution in [0.4, 0.5) is 22.7 Å². The van der Waals surface area contributed by atoms with Crippen LogP contribution >= 0.6 is 0 Å². The van der Waals surface area contributed by atoms with Crippen molar-refractivity contribution in [3.05, 3.63) is 261 Å². The van der Waals surface area contributed by atoms with E-state index in [1.807, 2.05) is 106 Å². The Kier molecular flexibility index (Phi) is 12.1. The molecular weight excluding hydrogens is 1010 g/mol. The molecule has 0 bridgehead atoms. The van der Waals surface area contributed by atoms with E-state index in [0.717, 1.165) is 77.0 Å². The zero-order chi connectivity index (χ0) is 56.8. The monoisotopic (exact) mass is 1040 g/mol. The molecule has 12 rings (SSSR count). The van der Waals surface area contributed by atoms with Gasteiger partial charge >= 0.3 is 0 Å². The van der Waals surface area contributed by atoms with Gasteiger partial charge in [0.25, 0.3) is 0 Å². The van der Waals surface area contributed by atoms with Crippen LogP contribution in [0.1, 0.15) is 33.4 Å². The lowest BCUT2D eigenvalue weighted by molar-refractivity contribution is 1.16. The van der Waals surface area contributed by atoms with Gasteiger partial charge in [0.1, 0.15) is 12.1 Å². The molecule has 0 aliphatic rings. The fraction of sp³-hybridized carbons (Fsp3) is 0. The molecule has 0 saturated heterocycles. The van der Waals surface area contributed by atoms with Crippen molar-refractivity contribution in [1.29, 1.82) is 31.6 Å². The zero-order valence-corrected chi connectivity index (χ0v) is 42.7. The zero-order valence-electron chi connectivity index (χ0n) is 42.7. The van der Waals surface area contributed by atoms with Gasteiger partial charge < -0.3 is 9.13 Å². The van der Waals surface area contributed by atoms with Crippen LogP contribution in [0.5, 0.6) is 0 Å². The highest BCUT2D eigenvalue weighted by Crippen LogP contribution is 2.43. The Balaban J connectivity index is 1.07. The highest BCUT2D eigenvalue weighted by atomic mass is 15.0. The molecule has 12 aromatic rings. The van der Waals surface area contributed by atoms with E-state index in [9.17, 15) is 31.6 Å². The summed E-state index contributed by atoms with van der Waals surface area (Å²) in [7, 11) is 0. The summed E-state index contributed by atoms with van der Waals surface area (Å²) in [6.07, 6.45) is 0. The summed E-state index contributed by atoms with van der Waals surface area (Å²) in [6.45, 7) is 31.0. The van der Waals surface area contributed by atoms with Crippen LogP contribution in [-0.2, 0) is 0 Å². The number of rotatable bonds is 7. The van der Waals surface area contributed by atoms with Crippen molar-refractivity contribution in [3.8, 4) is 103 Å². The summed E-state index contributed by atoms with van der Waals surface area (Å²) >= 11 is 0. The molecule has 0 amide bonds. The van der Waals surface area contributed by atoms with Crippen LogP contribution in [0, 0.1) is 94.3 Å². The molecule has 10 aromatic carbocycles. The summed E-state index contributed by atoms with van der Waals surface area (Å²) in [4.78, 5) is 14.5. The summed E-state index contributed by atoms with van der Waals surface area (Å²) in [5.41, 5.74) is 14.7. The molecule has 0 aliphatic heterocycles. The van der Waals surface area contributed by atoms with E-state index in [4.69, 9.17) is 26.3 Å². The Labute approximate surface area is 469 Å². The Morgan fingerprint density at radius 1 is 0.256 bits per heavy atom. The van der Waals surface area contributed by atoms with E-state index in [0.29, 0.717) is 89.8 Å². The van der Waals surface area contributed by atoms with Gasteiger partial charge in [-0.05, 0) is 183 Å². The first-order valence-electron chi connectivity index (χ1n) is 25.1. The van der Waals surface area contributed by atoms with Crippen LogP contribution in [0.25, 0.3) is 130 Å². The van der Waals surface area contributed by atoms with Crippen molar-refractivity contribution >= 4 is 66.4 Å². The third kappa shape index (κ3) is 8.44. The number of benzene rings is 10. The minimum absolute atomic E-state index is 0.319. The van der Waals surface area contributed by atoms with E-state index in [-0.39, 0.29) is 0 Å². The van der Waals surface area contributed by atoms with Gasteiger partial charge in [-0.25, -0.2) is 19.4 Å². The molecule has 0 N–H and O–H groups in total. The molecule has 0 spiro atoms. The Hall–Kier alpha value is -13.3. The maximum Gasteiger partial charge on any atom is 0.189 e. The summed E-state index contributed by atoms with van der Waals surface area (Å²) < 4.78 is 4.06. The summed E-state index contributed by atoms with van der Waals surface area (Å²) in [5.74, 6) is 0. The van der Waals surface area contributed by atoms with Gasteiger partial charge in [0.05, 0.1) is 106 Å². The van der Waals surface area contributed by atoms with Gasteiger partial charge in [-0.3, -0.25) is 0 Å². The van der Waals surface area contributed by atoms with Gasteiger partial charge in [0, 0.05) is 32.7 Å². The number of nitrogens with zero attached hydrogens (tertiary/aromatic N) is 12. The quantitative estimate of drug-likeness (QED) is 0.144. The Morgan fingerprint density at radius 2 is 0.524 bits per heavy atom. The first-order chi connectivity index (χ1) is 40.1. The van der Waals surface area contributed by atoms with E-state index >= 15 is 0 Å². The lowest BCUT2D eigenvalue weighted by Gasteiger charge is -2.15. The van der Waals surface area contributed by atoms with Crippen molar-refractivity contribution in [3.63, 3.8) is 0 Å². The Morgan fingerprint density at radius 3 is 0.829 bits per heavy atom. The maximum absolute atomic E-state index is 10.9. The average Bonchev–Trinajstić information content (AvgIpc) is 2.92. The fourth-order valence-corrected chi connectivity index (χ4v) is 10.9. The van der Waals surface area contributed by atoms with Crippen LogP contribution in [-0.4, -0.2) is 9.13 Å². The van der Waals surface area contributed by atoms with Crippen molar-refractivity contribution in [2.75, 3.05) is 0 Å². The first-order valence-corrected chi connectivity index (χ1v) is 25.1. The fourth-order valence-electron chi connectivity index (χ4n) is 10.9. The minimum Gasteiger partial charge on any atom is -0.308 e. The van der Waals surface area contributed by atoms with Gasteiger partial charge in [0.15, 0.2) is 22.7 Å². The van der Waals surface area contributed by atoms with Gasteiger partial charge in [-0.1, -0.05) is 54.6 Å². The van der Waals surface area contributed by atoms with Crippen LogP contribution < -0.4 is 0 Å². The molecule has 0 unspecified atom stereocenters. The van der Waals surface area contributed by atoms with Crippen molar-refractivity contribution < 1.29 is 0 Å². The molecule has 0 aliphatic carbocycles. The SMILES string of the molecule is [C-]#[N+]c1cc(C#N)cc(-c2ccc3c(c2)c2cc(-c4cc(C#N)cc(C#N)c4)ccc2n3-c2cc(-c3ccc(C#N)c(-n4c5ccc(-c6cc(C#N)cc([N+]#[C-])c6)cc5c5cc(-c6cc([N+]#[C-])cc([N+]#[C-])c6)ccc54)c3)ccc2C#N)c1. The van der Waals surface area contributed by atoms with Crippen LogP contribution in [0.3, 0.4) is 0 Å². The number of fused-ring (bicyclic) bond motifs is 6. The van der Waals surface area contributed by atoms with Gasteiger partial charge in [-0.15, -0.1) is 0 Å². The smallest absolute Gasteiger partial charge is 0.189 e. The normalized spacial score (nSPS) is 10.6. The van der Waals surface area contributed by atoms with E-state index in [1.54, 1.807) is 78.9 Å². The van der Waals surface area contributed by atoms with Gasteiger partial charge in [-0.2, -0.15) is 31.6 Å². The third-order valence-electron chi connectivity index (χ3n) is 14.6. The number of hydrogen-bond acceptors (Lipinski definition) is 6. The molecule has 2 aromatic heterocycles. The second-order valence-corrected chi connectivity index (χ2v) is 19.3. The average molecular weight is 1040 g/mol. The minimum atomic E-state index is 0.319.